The number of aliphatic hydroxyl groups is 1. The van der Waals surface area contributed by atoms with Crippen LogP contribution in [0.5, 0.6) is 5.75 Å². The molecule has 0 amide bonds. The third kappa shape index (κ3) is 3.71. The van der Waals surface area contributed by atoms with Gasteiger partial charge in [-0.1, -0.05) is 0 Å². The summed E-state index contributed by atoms with van der Waals surface area (Å²) in [5.74, 6) is 1.72. The molecule has 0 unspecified atom stereocenters. The summed E-state index contributed by atoms with van der Waals surface area (Å²) < 4.78 is 4.99. The van der Waals surface area contributed by atoms with Gasteiger partial charge in [-0.3, -0.25) is 10.1 Å². The van der Waals surface area contributed by atoms with Crippen molar-refractivity contribution >= 4 is 17.4 Å². The summed E-state index contributed by atoms with van der Waals surface area (Å²) >= 11 is 1.52. The second-order valence-corrected chi connectivity index (χ2v) is 4.18. The van der Waals surface area contributed by atoms with E-state index in [-0.39, 0.29) is 12.3 Å². The van der Waals surface area contributed by atoms with Crippen molar-refractivity contribution in [1.29, 1.82) is 0 Å². The highest BCUT2D eigenvalue weighted by Gasteiger charge is 2.09. The topological polar surface area (TPSA) is 72.6 Å². The van der Waals surface area contributed by atoms with Crippen LogP contribution < -0.4 is 4.74 Å². The van der Waals surface area contributed by atoms with Crippen LogP contribution in [0.1, 0.15) is 5.56 Å². The lowest BCUT2D eigenvalue weighted by Crippen LogP contribution is -1.94. The zero-order chi connectivity index (χ0) is 12.0. The van der Waals surface area contributed by atoms with Crippen LogP contribution in [-0.2, 0) is 5.75 Å². The lowest BCUT2D eigenvalue weighted by Gasteiger charge is -2.04. The largest absolute Gasteiger partial charge is 0.496 e. The molecule has 1 N–H and O–H groups in total. The van der Waals surface area contributed by atoms with E-state index in [0.29, 0.717) is 17.3 Å². The number of aliphatic hydroxyl groups excluding tert-OH is 1. The number of methoxy groups -OCH3 is 1. The van der Waals surface area contributed by atoms with Crippen LogP contribution in [0.4, 0.5) is 5.69 Å². The van der Waals surface area contributed by atoms with Crippen LogP contribution in [0.15, 0.2) is 18.2 Å². The Morgan fingerprint density at radius 2 is 2.25 bits per heavy atom. The van der Waals surface area contributed by atoms with Crippen LogP contribution >= 0.6 is 11.8 Å². The van der Waals surface area contributed by atoms with Crippen molar-refractivity contribution in [3.8, 4) is 5.75 Å². The summed E-state index contributed by atoms with van der Waals surface area (Å²) in [6, 6.07) is 4.67. The Morgan fingerprint density at radius 1 is 1.50 bits per heavy atom. The lowest BCUT2D eigenvalue weighted by molar-refractivity contribution is -0.385. The number of rotatable bonds is 6. The van der Waals surface area contributed by atoms with Crippen LogP contribution in [0.25, 0.3) is 0 Å². The molecule has 0 bridgehead atoms. The number of thioether (sulfide) groups is 1. The summed E-state index contributed by atoms with van der Waals surface area (Å²) in [6.07, 6.45) is 0. The summed E-state index contributed by atoms with van der Waals surface area (Å²) in [4.78, 5) is 10.2. The number of nitro groups is 1. The Balaban J connectivity index is 2.82. The van der Waals surface area contributed by atoms with E-state index in [2.05, 4.69) is 0 Å². The van der Waals surface area contributed by atoms with Gasteiger partial charge in [-0.15, -0.1) is 0 Å². The molecule has 0 radical (unpaired) electrons. The van der Waals surface area contributed by atoms with E-state index in [1.54, 1.807) is 6.07 Å². The van der Waals surface area contributed by atoms with Crippen molar-refractivity contribution in [3.05, 3.63) is 33.9 Å². The molecule has 0 saturated carbocycles. The molecule has 0 spiro atoms. The molecule has 0 atom stereocenters. The molecule has 6 heteroatoms. The van der Waals surface area contributed by atoms with E-state index in [9.17, 15) is 10.1 Å². The molecule has 0 aliphatic carbocycles. The SMILES string of the molecule is COc1cc(CSCCO)cc([N+](=O)[O-])c1. The third-order valence-corrected chi connectivity index (χ3v) is 2.91. The fourth-order valence-electron chi connectivity index (χ4n) is 1.20. The predicted molar refractivity (Wildman–Crippen MR) is 62.9 cm³/mol. The third-order valence-electron chi connectivity index (χ3n) is 1.90. The van der Waals surface area contributed by atoms with E-state index >= 15 is 0 Å². The maximum atomic E-state index is 10.7. The van der Waals surface area contributed by atoms with E-state index < -0.39 is 4.92 Å². The normalized spacial score (nSPS) is 10.1. The smallest absolute Gasteiger partial charge is 0.273 e. The molecular weight excluding hydrogens is 230 g/mol. The lowest BCUT2D eigenvalue weighted by atomic mass is 10.2. The highest BCUT2D eigenvalue weighted by atomic mass is 32.2. The molecular formula is C10H13NO4S. The quantitative estimate of drug-likeness (QED) is 0.469. The zero-order valence-corrected chi connectivity index (χ0v) is 9.70. The number of hydrogen-bond donors (Lipinski definition) is 1. The van der Waals surface area contributed by atoms with Crippen molar-refractivity contribution in [3.63, 3.8) is 0 Å². The highest BCUT2D eigenvalue weighted by molar-refractivity contribution is 7.98. The van der Waals surface area contributed by atoms with Crippen LogP contribution in [0.3, 0.4) is 0 Å². The minimum absolute atomic E-state index is 0.0268. The average Bonchev–Trinajstić information content (AvgIpc) is 2.29. The number of nitro benzene ring substituents is 1. The van der Waals surface area contributed by atoms with E-state index in [0.717, 1.165) is 5.56 Å². The minimum atomic E-state index is -0.442. The number of hydrogen-bond acceptors (Lipinski definition) is 5. The van der Waals surface area contributed by atoms with Gasteiger partial charge in [-0.25, -0.2) is 0 Å². The molecule has 0 aromatic heterocycles. The Kier molecular flexibility index (Phi) is 5.07. The van der Waals surface area contributed by atoms with Crippen LogP contribution in [0, 0.1) is 10.1 Å². The van der Waals surface area contributed by atoms with Gasteiger partial charge in [0.05, 0.1) is 24.7 Å². The molecule has 0 aliphatic rings. The van der Waals surface area contributed by atoms with Crippen molar-refractivity contribution in [2.24, 2.45) is 0 Å². The molecule has 5 nitrogen and oxygen atoms in total. The summed E-state index contributed by atoms with van der Waals surface area (Å²) in [5.41, 5.74) is 0.850. The van der Waals surface area contributed by atoms with Gasteiger partial charge in [0.25, 0.3) is 5.69 Å². The maximum Gasteiger partial charge on any atom is 0.273 e. The van der Waals surface area contributed by atoms with Crippen LogP contribution in [0.2, 0.25) is 0 Å². The second-order valence-electron chi connectivity index (χ2n) is 3.07. The Bertz CT molecular complexity index is 370. The molecule has 0 aliphatic heterocycles. The zero-order valence-electron chi connectivity index (χ0n) is 8.88. The standard InChI is InChI=1S/C10H13NO4S/c1-15-10-5-8(7-16-3-2-12)4-9(6-10)11(13)14/h4-6,12H,2-3,7H2,1H3. The molecule has 0 heterocycles. The number of benzene rings is 1. The van der Waals surface area contributed by atoms with Crippen LogP contribution in [-0.4, -0.2) is 29.5 Å². The van der Waals surface area contributed by atoms with Crippen molar-refractivity contribution in [2.45, 2.75) is 5.75 Å². The Morgan fingerprint density at radius 3 is 2.81 bits per heavy atom. The highest BCUT2D eigenvalue weighted by Crippen LogP contribution is 2.25. The number of ether oxygens (including phenoxy) is 1. The van der Waals surface area contributed by atoms with Crippen molar-refractivity contribution in [1.82, 2.24) is 0 Å². The fourth-order valence-corrected chi connectivity index (χ4v) is 1.88. The molecule has 16 heavy (non-hydrogen) atoms. The maximum absolute atomic E-state index is 10.7. The van der Waals surface area contributed by atoms with Gasteiger partial charge in [-0.05, 0) is 11.6 Å². The summed E-state index contributed by atoms with van der Waals surface area (Å²) in [6.45, 7) is 0.108. The van der Waals surface area contributed by atoms with E-state index in [4.69, 9.17) is 9.84 Å². The molecule has 0 fully saturated rings. The average molecular weight is 243 g/mol. The first kappa shape index (κ1) is 12.8. The molecule has 1 aromatic rings. The Labute approximate surface area is 97.6 Å². The first-order chi connectivity index (χ1) is 7.67. The van der Waals surface area contributed by atoms with E-state index in [1.807, 2.05) is 0 Å². The summed E-state index contributed by atoms with van der Waals surface area (Å²) in [5, 5.41) is 19.3. The van der Waals surface area contributed by atoms with Gasteiger partial charge in [-0.2, -0.15) is 11.8 Å². The second kappa shape index (κ2) is 6.34. The molecule has 0 saturated heterocycles. The molecule has 88 valence electrons. The minimum Gasteiger partial charge on any atom is -0.496 e. The van der Waals surface area contributed by atoms with Gasteiger partial charge in [0, 0.05) is 17.6 Å². The van der Waals surface area contributed by atoms with Crippen molar-refractivity contribution < 1.29 is 14.8 Å². The first-order valence-electron chi connectivity index (χ1n) is 4.68. The molecule has 1 aromatic carbocycles. The van der Waals surface area contributed by atoms with Crippen molar-refractivity contribution in [2.75, 3.05) is 19.5 Å². The number of non-ortho nitro benzene ring substituents is 1. The monoisotopic (exact) mass is 243 g/mol. The predicted octanol–water partition coefficient (Wildman–Crippen LogP) is 1.83. The fraction of sp³-hybridized carbons (Fsp3) is 0.400. The van der Waals surface area contributed by atoms with Gasteiger partial charge in [0.15, 0.2) is 0 Å². The van der Waals surface area contributed by atoms with Gasteiger partial charge < -0.3 is 9.84 Å². The van der Waals surface area contributed by atoms with Gasteiger partial charge >= 0.3 is 0 Å². The van der Waals surface area contributed by atoms with Gasteiger partial charge in [0.1, 0.15) is 5.75 Å². The number of nitrogens with zero attached hydrogens (tertiary/aromatic N) is 1. The van der Waals surface area contributed by atoms with E-state index in [1.165, 1.54) is 31.0 Å². The molecule has 1 rings (SSSR count). The summed E-state index contributed by atoms with van der Waals surface area (Å²) in [7, 11) is 1.48. The van der Waals surface area contributed by atoms with Gasteiger partial charge in [0.2, 0.25) is 0 Å². The Hall–Kier alpha value is -1.27. The first-order valence-corrected chi connectivity index (χ1v) is 5.84.